The molecule has 1 aromatic heterocycles. The van der Waals surface area contributed by atoms with Crippen molar-refractivity contribution in [3.8, 4) is 5.75 Å². The second kappa shape index (κ2) is 6.20. The molecule has 1 aromatic rings. The van der Waals surface area contributed by atoms with Gasteiger partial charge in [-0.3, -0.25) is 4.68 Å². The molecule has 0 amide bonds. The summed E-state index contributed by atoms with van der Waals surface area (Å²) in [6.45, 7) is 3.77. The number of hydrogen-bond acceptors (Lipinski definition) is 4. The first-order valence-corrected chi connectivity index (χ1v) is 6.73. The molecule has 1 aliphatic heterocycles. The van der Waals surface area contributed by atoms with Crippen molar-refractivity contribution in [2.45, 2.75) is 51.3 Å². The first-order valence-electron chi connectivity index (χ1n) is 6.73. The molecule has 2 rings (SSSR count). The molecule has 0 saturated carbocycles. The summed E-state index contributed by atoms with van der Waals surface area (Å²) in [6.07, 6.45) is 6.39. The highest BCUT2D eigenvalue weighted by Crippen LogP contribution is 2.28. The topological polar surface area (TPSA) is 62.3 Å². The monoisotopic (exact) mass is 253 g/mol. The Bertz CT molecular complexity index is 351. The van der Waals surface area contributed by atoms with Crippen LogP contribution in [0.5, 0.6) is 5.75 Å². The Morgan fingerprint density at radius 3 is 3.11 bits per heavy atom. The predicted molar refractivity (Wildman–Crippen MR) is 69.6 cm³/mol. The summed E-state index contributed by atoms with van der Waals surface area (Å²) in [5.74, 6) is 0.789. The van der Waals surface area contributed by atoms with Crippen molar-refractivity contribution in [3.05, 3.63) is 11.9 Å². The Morgan fingerprint density at radius 2 is 2.50 bits per heavy atom. The van der Waals surface area contributed by atoms with E-state index >= 15 is 0 Å². The Labute approximate surface area is 108 Å². The zero-order valence-electron chi connectivity index (χ0n) is 11.3. The standard InChI is InChI=1S/C13H23N3O2/c1-3-16-13(12(17-2)9-15-16)11(14)7-6-10-5-4-8-18-10/h9-11H,3-8,14H2,1-2H3. The SMILES string of the molecule is CCn1ncc(OC)c1C(N)CCC1CCCO1. The number of hydrogen-bond donors (Lipinski definition) is 1. The molecule has 0 aromatic carbocycles. The molecule has 5 heteroatoms. The van der Waals surface area contributed by atoms with E-state index in [1.165, 1.54) is 6.42 Å². The van der Waals surface area contributed by atoms with Crippen molar-refractivity contribution in [2.24, 2.45) is 5.73 Å². The fourth-order valence-electron chi connectivity index (χ4n) is 2.54. The minimum atomic E-state index is -0.0356. The third-order valence-electron chi connectivity index (χ3n) is 3.54. The molecule has 0 spiro atoms. The van der Waals surface area contributed by atoms with Crippen LogP contribution in [0.15, 0.2) is 6.20 Å². The van der Waals surface area contributed by atoms with Crippen LogP contribution in [-0.2, 0) is 11.3 Å². The quantitative estimate of drug-likeness (QED) is 0.840. The maximum atomic E-state index is 6.27. The van der Waals surface area contributed by atoms with Gasteiger partial charge < -0.3 is 15.2 Å². The molecule has 1 aliphatic rings. The highest BCUT2D eigenvalue weighted by molar-refractivity contribution is 5.28. The van der Waals surface area contributed by atoms with E-state index < -0.39 is 0 Å². The number of aryl methyl sites for hydroxylation is 1. The minimum absolute atomic E-state index is 0.0356. The van der Waals surface area contributed by atoms with Crippen molar-refractivity contribution in [1.82, 2.24) is 9.78 Å². The van der Waals surface area contributed by atoms with Crippen LogP contribution in [0, 0.1) is 0 Å². The predicted octanol–water partition coefficient (Wildman–Crippen LogP) is 1.87. The highest BCUT2D eigenvalue weighted by atomic mass is 16.5. The summed E-state index contributed by atoms with van der Waals surface area (Å²) in [7, 11) is 1.66. The van der Waals surface area contributed by atoms with Crippen LogP contribution in [0.25, 0.3) is 0 Å². The van der Waals surface area contributed by atoms with Crippen molar-refractivity contribution >= 4 is 0 Å². The van der Waals surface area contributed by atoms with E-state index in [0.717, 1.165) is 43.9 Å². The molecule has 2 N–H and O–H groups in total. The number of nitrogens with zero attached hydrogens (tertiary/aromatic N) is 2. The van der Waals surface area contributed by atoms with Crippen LogP contribution < -0.4 is 10.5 Å². The van der Waals surface area contributed by atoms with Gasteiger partial charge in [-0.05, 0) is 32.6 Å². The van der Waals surface area contributed by atoms with E-state index in [1.807, 2.05) is 4.68 Å². The minimum Gasteiger partial charge on any atom is -0.493 e. The van der Waals surface area contributed by atoms with Crippen molar-refractivity contribution in [1.29, 1.82) is 0 Å². The second-order valence-electron chi connectivity index (χ2n) is 4.73. The smallest absolute Gasteiger partial charge is 0.161 e. The summed E-state index contributed by atoms with van der Waals surface area (Å²) in [5, 5.41) is 4.29. The van der Waals surface area contributed by atoms with E-state index in [9.17, 15) is 0 Å². The van der Waals surface area contributed by atoms with Gasteiger partial charge in [0.1, 0.15) is 0 Å². The van der Waals surface area contributed by atoms with Crippen LogP contribution in [-0.4, -0.2) is 29.6 Å². The van der Waals surface area contributed by atoms with Crippen LogP contribution in [0.3, 0.4) is 0 Å². The molecule has 1 fully saturated rings. The van der Waals surface area contributed by atoms with Crippen molar-refractivity contribution in [3.63, 3.8) is 0 Å². The lowest BCUT2D eigenvalue weighted by atomic mass is 10.0. The number of aromatic nitrogens is 2. The van der Waals surface area contributed by atoms with Crippen LogP contribution in [0.4, 0.5) is 0 Å². The molecule has 1 saturated heterocycles. The van der Waals surface area contributed by atoms with E-state index in [-0.39, 0.29) is 6.04 Å². The van der Waals surface area contributed by atoms with Gasteiger partial charge in [0, 0.05) is 13.2 Å². The first-order chi connectivity index (χ1) is 8.76. The summed E-state index contributed by atoms with van der Waals surface area (Å²) in [4.78, 5) is 0. The van der Waals surface area contributed by atoms with Crippen molar-refractivity contribution < 1.29 is 9.47 Å². The summed E-state index contributed by atoms with van der Waals surface area (Å²) in [5.41, 5.74) is 7.27. The molecule has 0 radical (unpaired) electrons. The molecule has 18 heavy (non-hydrogen) atoms. The zero-order valence-corrected chi connectivity index (χ0v) is 11.3. The molecular formula is C13H23N3O2. The van der Waals surface area contributed by atoms with Gasteiger partial charge in [-0.1, -0.05) is 0 Å². The molecule has 102 valence electrons. The lowest BCUT2D eigenvalue weighted by Gasteiger charge is -2.17. The largest absolute Gasteiger partial charge is 0.493 e. The molecule has 5 nitrogen and oxygen atoms in total. The Balaban J connectivity index is 1.98. The van der Waals surface area contributed by atoms with Gasteiger partial charge in [-0.2, -0.15) is 5.10 Å². The van der Waals surface area contributed by atoms with Crippen LogP contribution in [0.2, 0.25) is 0 Å². The lowest BCUT2D eigenvalue weighted by Crippen LogP contribution is -2.19. The van der Waals surface area contributed by atoms with Gasteiger partial charge in [0.05, 0.1) is 31.1 Å². The van der Waals surface area contributed by atoms with Gasteiger partial charge in [0.15, 0.2) is 5.75 Å². The van der Waals surface area contributed by atoms with Gasteiger partial charge in [-0.15, -0.1) is 0 Å². The maximum absolute atomic E-state index is 6.27. The van der Waals surface area contributed by atoms with E-state index in [0.29, 0.717) is 6.10 Å². The number of ether oxygens (including phenoxy) is 2. The molecule has 2 heterocycles. The maximum Gasteiger partial charge on any atom is 0.161 e. The van der Waals surface area contributed by atoms with Gasteiger partial charge in [0.2, 0.25) is 0 Å². The third-order valence-corrected chi connectivity index (χ3v) is 3.54. The Morgan fingerprint density at radius 1 is 1.67 bits per heavy atom. The fraction of sp³-hybridized carbons (Fsp3) is 0.769. The molecule has 0 bridgehead atoms. The number of nitrogens with two attached hydrogens (primary N) is 1. The highest BCUT2D eigenvalue weighted by Gasteiger charge is 2.21. The average molecular weight is 253 g/mol. The Kier molecular flexibility index (Phi) is 4.60. The van der Waals surface area contributed by atoms with E-state index in [1.54, 1.807) is 13.3 Å². The fourth-order valence-corrected chi connectivity index (χ4v) is 2.54. The van der Waals surface area contributed by atoms with E-state index in [2.05, 4.69) is 12.0 Å². The number of methoxy groups -OCH3 is 1. The first kappa shape index (κ1) is 13.4. The Hall–Kier alpha value is -1.07. The summed E-state index contributed by atoms with van der Waals surface area (Å²) in [6, 6.07) is -0.0356. The lowest BCUT2D eigenvalue weighted by molar-refractivity contribution is 0.100. The van der Waals surface area contributed by atoms with Crippen LogP contribution >= 0.6 is 0 Å². The molecule has 2 atom stereocenters. The summed E-state index contributed by atoms with van der Waals surface area (Å²) < 4.78 is 12.9. The van der Waals surface area contributed by atoms with Gasteiger partial charge >= 0.3 is 0 Å². The van der Waals surface area contributed by atoms with Crippen LogP contribution in [0.1, 0.15) is 44.3 Å². The van der Waals surface area contributed by atoms with Gasteiger partial charge in [-0.25, -0.2) is 0 Å². The zero-order chi connectivity index (χ0) is 13.0. The number of rotatable bonds is 6. The second-order valence-corrected chi connectivity index (χ2v) is 4.73. The average Bonchev–Trinajstić information content (AvgIpc) is 3.04. The molecular weight excluding hydrogens is 230 g/mol. The summed E-state index contributed by atoms with van der Waals surface area (Å²) >= 11 is 0. The molecule has 0 aliphatic carbocycles. The molecule has 2 unspecified atom stereocenters. The van der Waals surface area contributed by atoms with Crippen molar-refractivity contribution in [2.75, 3.05) is 13.7 Å². The third kappa shape index (κ3) is 2.84. The van der Waals surface area contributed by atoms with Gasteiger partial charge in [0.25, 0.3) is 0 Å². The normalized spacial score (nSPS) is 21.2. The van der Waals surface area contributed by atoms with E-state index in [4.69, 9.17) is 15.2 Å².